The number of hydrogen-bond acceptors (Lipinski definition) is 2. The predicted octanol–water partition coefficient (Wildman–Crippen LogP) is 2.88. The summed E-state index contributed by atoms with van der Waals surface area (Å²) in [5, 5.41) is 8.84. The number of hydrogen-bond donors (Lipinski definition) is 0. The van der Waals surface area contributed by atoms with Crippen LogP contribution in [0.2, 0.25) is 0 Å². The molecule has 0 spiro atoms. The second-order valence-electron chi connectivity index (χ2n) is 3.72. The first-order chi connectivity index (χ1) is 7.26. The van der Waals surface area contributed by atoms with Crippen LogP contribution in [0.4, 0.5) is 0 Å². The van der Waals surface area contributed by atoms with Gasteiger partial charge in [-0.15, -0.1) is 0 Å². The molecule has 0 saturated carbocycles. The fraction of sp³-hybridized carbons (Fsp3) is 0.333. The molecule has 1 heterocycles. The molecule has 0 aliphatic carbocycles. The molecule has 3 nitrogen and oxygen atoms in total. The topological polar surface area (TPSA) is 41.6 Å². The molecule has 15 heavy (non-hydrogen) atoms. The second-order valence-corrected chi connectivity index (χ2v) is 3.72. The smallest absolute Gasteiger partial charge is 0.0992 e. The van der Waals surface area contributed by atoms with Crippen molar-refractivity contribution in [1.29, 1.82) is 5.26 Å². The fourth-order valence-corrected chi connectivity index (χ4v) is 1.64. The Balaban J connectivity index is 2.62. The van der Waals surface area contributed by atoms with E-state index in [1.54, 1.807) is 6.07 Å². The van der Waals surface area contributed by atoms with Crippen LogP contribution in [0.1, 0.15) is 31.9 Å². The summed E-state index contributed by atoms with van der Waals surface area (Å²) in [6.45, 7) is 4.30. The molecule has 2 rings (SSSR count). The first-order valence-electron chi connectivity index (χ1n) is 5.13. The van der Waals surface area contributed by atoms with E-state index in [0.717, 1.165) is 17.5 Å². The van der Waals surface area contributed by atoms with Crippen LogP contribution < -0.4 is 0 Å². The number of benzene rings is 1. The van der Waals surface area contributed by atoms with Gasteiger partial charge in [0.1, 0.15) is 0 Å². The molecule has 0 aliphatic heterocycles. The Labute approximate surface area is 89.0 Å². The van der Waals surface area contributed by atoms with Crippen molar-refractivity contribution in [1.82, 2.24) is 9.55 Å². The molecule has 1 aromatic carbocycles. The maximum atomic E-state index is 8.84. The minimum Gasteiger partial charge on any atom is -0.328 e. The Kier molecular flexibility index (Phi) is 2.42. The maximum Gasteiger partial charge on any atom is 0.0992 e. The van der Waals surface area contributed by atoms with Crippen LogP contribution in [0.3, 0.4) is 0 Å². The van der Waals surface area contributed by atoms with E-state index in [9.17, 15) is 0 Å². The Morgan fingerprint density at radius 1 is 1.53 bits per heavy atom. The summed E-state index contributed by atoms with van der Waals surface area (Å²) in [6.07, 6.45) is 2.90. The third-order valence-corrected chi connectivity index (χ3v) is 2.77. The van der Waals surface area contributed by atoms with Gasteiger partial charge in [0.2, 0.25) is 0 Å². The summed E-state index contributed by atoms with van der Waals surface area (Å²) >= 11 is 0. The molecule has 3 heteroatoms. The lowest BCUT2D eigenvalue weighted by atomic mass is 10.2. The lowest BCUT2D eigenvalue weighted by molar-refractivity contribution is 0.544. The summed E-state index contributed by atoms with van der Waals surface area (Å²) < 4.78 is 2.12. The first-order valence-corrected chi connectivity index (χ1v) is 5.13. The van der Waals surface area contributed by atoms with Crippen molar-refractivity contribution < 1.29 is 0 Å². The van der Waals surface area contributed by atoms with Crippen molar-refractivity contribution >= 4 is 11.0 Å². The average molecular weight is 199 g/mol. The molecule has 0 amide bonds. The lowest BCUT2D eigenvalue weighted by Crippen LogP contribution is -2.01. The molecule has 0 saturated heterocycles. The van der Waals surface area contributed by atoms with Gasteiger partial charge in [0.25, 0.3) is 0 Å². The Bertz CT molecular complexity index is 519. The highest BCUT2D eigenvalue weighted by atomic mass is 15.1. The number of aromatic nitrogens is 2. The number of imidazole rings is 1. The minimum absolute atomic E-state index is 0.420. The van der Waals surface area contributed by atoms with E-state index in [0.29, 0.717) is 11.6 Å². The molecule has 0 bridgehead atoms. The summed E-state index contributed by atoms with van der Waals surface area (Å²) in [4.78, 5) is 4.32. The number of nitriles is 1. The molecule has 0 fully saturated rings. The van der Waals surface area contributed by atoms with Crippen LogP contribution in [0, 0.1) is 11.3 Å². The summed E-state index contributed by atoms with van der Waals surface area (Å²) in [7, 11) is 0. The van der Waals surface area contributed by atoms with Crippen LogP contribution in [-0.4, -0.2) is 9.55 Å². The lowest BCUT2D eigenvalue weighted by Gasteiger charge is -2.11. The first kappa shape index (κ1) is 9.72. The van der Waals surface area contributed by atoms with Gasteiger partial charge in [-0.1, -0.05) is 6.92 Å². The Morgan fingerprint density at radius 3 is 3.00 bits per heavy atom. The van der Waals surface area contributed by atoms with Crippen molar-refractivity contribution in [3.8, 4) is 6.07 Å². The van der Waals surface area contributed by atoms with Gasteiger partial charge in [-0.2, -0.15) is 5.26 Å². The van der Waals surface area contributed by atoms with Gasteiger partial charge in [0.15, 0.2) is 0 Å². The normalized spacial score (nSPS) is 12.6. The molecular formula is C12H13N3. The predicted molar refractivity (Wildman–Crippen MR) is 59.5 cm³/mol. The monoisotopic (exact) mass is 199 g/mol. The van der Waals surface area contributed by atoms with E-state index < -0.39 is 0 Å². The molecule has 0 aliphatic rings. The molecule has 0 radical (unpaired) electrons. The minimum atomic E-state index is 0.420. The SMILES string of the molecule is CCC(C)n1cnc2ccc(C#N)cc21. The van der Waals surface area contributed by atoms with Crippen molar-refractivity contribution in [3.05, 3.63) is 30.1 Å². The van der Waals surface area contributed by atoms with Crippen LogP contribution in [-0.2, 0) is 0 Å². The largest absolute Gasteiger partial charge is 0.328 e. The highest BCUT2D eigenvalue weighted by Gasteiger charge is 2.07. The Morgan fingerprint density at radius 2 is 2.33 bits per heavy atom. The Hall–Kier alpha value is -1.82. The van der Waals surface area contributed by atoms with Crippen molar-refractivity contribution in [2.45, 2.75) is 26.3 Å². The molecule has 1 aromatic heterocycles. The van der Waals surface area contributed by atoms with Crippen molar-refractivity contribution in [2.75, 3.05) is 0 Å². The molecule has 2 aromatic rings. The van der Waals surface area contributed by atoms with Crippen LogP contribution in [0.15, 0.2) is 24.5 Å². The standard InChI is InChI=1S/C12H13N3/c1-3-9(2)15-8-14-11-5-4-10(7-13)6-12(11)15/h4-6,8-9H,3H2,1-2H3. The highest BCUT2D eigenvalue weighted by Crippen LogP contribution is 2.20. The quantitative estimate of drug-likeness (QED) is 0.746. The van der Waals surface area contributed by atoms with Gasteiger partial charge in [-0.05, 0) is 31.5 Å². The van der Waals surface area contributed by atoms with Crippen LogP contribution in [0.5, 0.6) is 0 Å². The zero-order valence-electron chi connectivity index (χ0n) is 8.94. The van der Waals surface area contributed by atoms with E-state index in [2.05, 4.69) is 29.5 Å². The van der Waals surface area contributed by atoms with Crippen molar-refractivity contribution in [2.24, 2.45) is 0 Å². The van der Waals surface area contributed by atoms with E-state index in [1.165, 1.54) is 0 Å². The summed E-state index contributed by atoms with van der Waals surface area (Å²) in [6, 6.07) is 8.17. The van der Waals surface area contributed by atoms with Gasteiger partial charge in [0, 0.05) is 6.04 Å². The van der Waals surface area contributed by atoms with Crippen LogP contribution in [0.25, 0.3) is 11.0 Å². The van der Waals surface area contributed by atoms with E-state index >= 15 is 0 Å². The van der Waals surface area contributed by atoms with Gasteiger partial charge >= 0.3 is 0 Å². The van der Waals surface area contributed by atoms with Crippen molar-refractivity contribution in [3.63, 3.8) is 0 Å². The average Bonchev–Trinajstić information content (AvgIpc) is 2.70. The van der Waals surface area contributed by atoms with Gasteiger partial charge < -0.3 is 4.57 Å². The summed E-state index contributed by atoms with van der Waals surface area (Å²) in [5.74, 6) is 0. The van der Waals surface area contributed by atoms with Gasteiger partial charge in [-0.25, -0.2) is 4.98 Å². The summed E-state index contributed by atoms with van der Waals surface area (Å²) in [5.41, 5.74) is 2.69. The van der Waals surface area contributed by atoms with Gasteiger partial charge in [-0.3, -0.25) is 0 Å². The number of fused-ring (bicyclic) bond motifs is 1. The number of rotatable bonds is 2. The zero-order chi connectivity index (χ0) is 10.8. The van der Waals surface area contributed by atoms with Gasteiger partial charge in [0.05, 0.1) is 29.0 Å². The second kappa shape index (κ2) is 3.74. The third kappa shape index (κ3) is 1.59. The molecule has 0 N–H and O–H groups in total. The highest BCUT2D eigenvalue weighted by molar-refractivity contribution is 5.77. The van der Waals surface area contributed by atoms with Crippen LogP contribution >= 0.6 is 0 Å². The number of nitrogens with zero attached hydrogens (tertiary/aromatic N) is 3. The molecular weight excluding hydrogens is 186 g/mol. The molecule has 1 unspecified atom stereocenters. The maximum absolute atomic E-state index is 8.84. The third-order valence-electron chi connectivity index (χ3n) is 2.77. The van der Waals surface area contributed by atoms with E-state index in [4.69, 9.17) is 5.26 Å². The molecule has 76 valence electrons. The van der Waals surface area contributed by atoms with E-state index in [1.807, 2.05) is 18.5 Å². The fourth-order valence-electron chi connectivity index (χ4n) is 1.64. The van der Waals surface area contributed by atoms with E-state index in [-0.39, 0.29) is 0 Å². The zero-order valence-corrected chi connectivity index (χ0v) is 8.94. The molecule has 1 atom stereocenters.